The SMILES string of the molecule is CC(C)(C)OC(=O)NCC#Cc1cc(F)c(C#N)c(F)c1. The fraction of sp³-hybridized carbons (Fsp3) is 0.333. The first kappa shape index (κ1) is 16.5. The lowest BCUT2D eigenvalue weighted by Gasteiger charge is -2.18. The van der Waals surface area contributed by atoms with Crippen LogP contribution in [0.25, 0.3) is 0 Å². The number of nitriles is 1. The Kier molecular flexibility index (Phi) is 5.26. The average Bonchev–Trinajstić information content (AvgIpc) is 2.32. The summed E-state index contributed by atoms with van der Waals surface area (Å²) < 4.78 is 31.6. The van der Waals surface area contributed by atoms with Crippen molar-refractivity contribution < 1.29 is 18.3 Å². The van der Waals surface area contributed by atoms with Gasteiger partial charge < -0.3 is 10.1 Å². The van der Waals surface area contributed by atoms with Crippen molar-refractivity contribution in [1.29, 1.82) is 5.26 Å². The minimum Gasteiger partial charge on any atom is -0.444 e. The molecule has 0 unspecified atom stereocenters. The molecule has 21 heavy (non-hydrogen) atoms. The van der Waals surface area contributed by atoms with E-state index in [1.165, 1.54) is 6.07 Å². The van der Waals surface area contributed by atoms with E-state index in [9.17, 15) is 13.6 Å². The van der Waals surface area contributed by atoms with Crippen molar-refractivity contribution in [2.24, 2.45) is 0 Å². The average molecular weight is 292 g/mol. The highest BCUT2D eigenvalue weighted by molar-refractivity contribution is 5.68. The molecule has 0 aliphatic rings. The number of carbonyl (C=O) groups excluding carboxylic acids is 1. The monoisotopic (exact) mass is 292 g/mol. The van der Waals surface area contributed by atoms with Crippen LogP contribution in [0.15, 0.2) is 12.1 Å². The Hall–Kier alpha value is -2.60. The van der Waals surface area contributed by atoms with Crippen LogP contribution in [0.1, 0.15) is 31.9 Å². The van der Waals surface area contributed by atoms with Gasteiger partial charge in [-0.3, -0.25) is 0 Å². The number of nitrogens with one attached hydrogen (secondary N) is 1. The Morgan fingerprint density at radius 3 is 2.38 bits per heavy atom. The molecule has 0 aliphatic heterocycles. The molecule has 1 aromatic carbocycles. The highest BCUT2D eigenvalue weighted by Crippen LogP contribution is 2.13. The number of nitrogens with zero attached hydrogens (tertiary/aromatic N) is 1. The van der Waals surface area contributed by atoms with Gasteiger partial charge in [0.15, 0.2) is 0 Å². The number of hydrogen-bond donors (Lipinski definition) is 1. The summed E-state index contributed by atoms with van der Waals surface area (Å²) in [7, 11) is 0. The van der Waals surface area contributed by atoms with Crippen molar-refractivity contribution in [2.45, 2.75) is 26.4 Å². The maximum Gasteiger partial charge on any atom is 0.408 e. The Labute approximate surface area is 121 Å². The van der Waals surface area contributed by atoms with Crippen LogP contribution in [-0.2, 0) is 4.74 Å². The number of benzene rings is 1. The summed E-state index contributed by atoms with van der Waals surface area (Å²) >= 11 is 0. The first-order valence-corrected chi connectivity index (χ1v) is 6.08. The maximum absolute atomic E-state index is 13.3. The van der Waals surface area contributed by atoms with Gasteiger partial charge in [-0.25, -0.2) is 13.6 Å². The smallest absolute Gasteiger partial charge is 0.408 e. The van der Waals surface area contributed by atoms with E-state index in [0.29, 0.717) is 0 Å². The Bertz CT molecular complexity index is 623. The van der Waals surface area contributed by atoms with Crippen molar-refractivity contribution in [3.8, 4) is 17.9 Å². The zero-order chi connectivity index (χ0) is 16.0. The van der Waals surface area contributed by atoms with Crippen LogP contribution >= 0.6 is 0 Å². The first-order valence-electron chi connectivity index (χ1n) is 6.08. The molecule has 0 saturated carbocycles. The van der Waals surface area contributed by atoms with E-state index in [1.807, 2.05) is 0 Å². The fourth-order valence-corrected chi connectivity index (χ4v) is 1.33. The zero-order valence-electron chi connectivity index (χ0n) is 11.9. The summed E-state index contributed by atoms with van der Waals surface area (Å²) in [6.07, 6.45) is -0.631. The van der Waals surface area contributed by atoms with Gasteiger partial charge in [-0.05, 0) is 32.9 Å². The largest absolute Gasteiger partial charge is 0.444 e. The number of hydrogen-bond acceptors (Lipinski definition) is 3. The Morgan fingerprint density at radius 1 is 1.33 bits per heavy atom. The van der Waals surface area contributed by atoms with Gasteiger partial charge in [-0.15, -0.1) is 0 Å². The van der Waals surface area contributed by atoms with Gasteiger partial charge >= 0.3 is 6.09 Å². The molecule has 0 spiro atoms. The van der Waals surface area contributed by atoms with E-state index >= 15 is 0 Å². The van der Waals surface area contributed by atoms with Gasteiger partial charge in [0.25, 0.3) is 0 Å². The summed E-state index contributed by atoms with van der Waals surface area (Å²) in [6, 6.07) is 3.34. The van der Waals surface area contributed by atoms with Gasteiger partial charge in [0, 0.05) is 5.56 Å². The molecule has 1 aromatic rings. The molecule has 0 saturated heterocycles. The van der Waals surface area contributed by atoms with Gasteiger partial charge in [0.05, 0.1) is 6.54 Å². The highest BCUT2D eigenvalue weighted by atomic mass is 19.1. The number of halogens is 2. The second-order valence-electron chi connectivity index (χ2n) is 5.08. The minimum absolute atomic E-state index is 0.0296. The van der Waals surface area contributed by atoms with Crippen LogP contribution in [-0.4, -0.2) is 18.2 Å². The number of alkyl carbamates (subject to hydrolysis) is 1. The van der Waals surface area contributed by atoms with Crippen LogP contribution in [0.5, 0.6) is 0 Å². The molecular formula is C15H14F2N2O2. The second kappa shape index (κ2) is 6.71. The maximum atomic E-state index is 13.3. The molecule has 0 atom stereocenters. The molecular weight excluding hydrogens is 278 g/mol. The van der Waals surface area contributed by atoms with Crippen LogP contribution in [0.2, 0.25) is 0 Å². The molecule has 0 heterocycles. The molecule has 0 radical (unpaired) electrons. The van der Waals surface area contributed by atoms with Gasteiger partial charge in [0.2, 0.25) is 0 Å². The summed E-state index contributed by atoms with van der Waals surface area (Å²) in [5, 5.41) is 10.9. The van der Waals surface area contributed by atoms with E-state index in [4.69, 9.17) is 10.00 Å². The molecule has 4 nitrogen and oxygen atoms in total. The summed E-state index contributed by atoms with van der Waals surface area (Å²) in [5.74, 6) is 3.08. The zero-order valence-corrected chi connectivity index (χ0v) is 11.9. The molecule has 6 heteroatoms. The van der Waals surface area contributed by atoms with Crippen LogP contribution in [0.3, 0.4) is 0 Å². The molecule has 1 N–H and O–H groups in total. The van der Waals surface area contributed by atoms with E-state index < -0.39 is 28.9 Å². The minimum atomic E-state index is -0.970. The number of carbonyl (C=O) groups is 1. The number of amides is 1. The van der Waals surface area contributed by atoms with Crippen LogP contribution in [0, 0.1) is 34.8 Å². The predicted octanol–water partition coefficient (Wildman–Crippen LogP) is 2.71. The molecule has 1 amide bonds. The number of rotatable bonds is 1. The molecule has 0 aliphatic carbocycles. The quantitative estimate of drug-likeness (QED) is 0.809. The second-order valence-corrected chi connectivity index (χ2v) is 5.08. The van der Waals surface area contributed by atoms with Gasteiger partial charge in [-0.2, -0.15) is 5.26 Å². The predicted molar refractivity (Wildman–Crippen MR) is 72.2 cm³/mol. The van der Waals surface area contributed by atoms with E-state index in [1.54, 1.807) is 20.8 Å². The topological polar surface area (TPSA) is 62.1 Å². The van der Waals surface area contributed by atoms with E-state index in [0.717, 1.165) is 12.1 Å². The van der Waals surface area contributed by atoms with Crippen molar-refractivity contribution in [2.75, 3.05) is 6.54 Å². The summed E-state index contributed by atoms with van der Waals surface area (Å²) in [5.41, 5.74) is -1.18. The van der Waals surface area contributed by atoms with E-state index in [2.05, 4.69) is 17.2 Å². The van der Waals surface area contributed by atoms with Gasteiger partial charge in [-0.1, -0.05) is 11.8 Å². The van der Waals surface area contributed by atoms with Crippen LogP contribution in [0.4, 0.5) is 13.6 Å². The first-order chi connectivity index (χ1) is 9.73. The van der Waals surface area contributed by atoms with Crippen molar-refractivity contribution in [3.63, 3.8) is 0 Å². The highest BCUT2D eigenvalue weighted by Gasteiger charge is 2.15. The Balaban J connectivity index is 2.65. The third kappa shape index (κ3) is 5.50. The molecule has 110 valence electrons. The normalized spacial score (nSPS) is 10.1. The summed E-state index contributed by atoms with van der Waals surface area (Å²) in [4.78, 5) is 11.3. The molecule has 0 bridgehead atoms. The van der Waals surface area contributed by atoms with Gasteiger partial charge in [0.1, 0.15) is 28.9 Å². The number of ether oxygens (including phenoxy) is 1. The fourth-order valence-electron chi connectivity index (χ4n) is 1.33. The lowest BCUT2D eigenvalue weighted by atomic mass is 10.1. The Morgan fingerprint density at radius 2 is 1.90 bits per heavy atom. The van der Waals surface area contributed by atoms with Crippen molar-refractivity contribution in [1.82, 2.24) is 5.32 Å². The third-order valence-electron chi connectivity index (χ3n) is 2.11. The lowest BCUT2D eigenvalue weighted by Crippen LogP contribution is -2.32. The van der Waals surface area contributed by atoms with Crippen molar-refractivity contribution in [3.05, 3.63) is 34.9 Å². The lowest BCUT2D eigenvalue weighted by molar-refractivity contribution is 0.0535. The standard InChI is InChI=1S/C15H14F2N2O2/c1-15(2,3)21-14(20)19-6-4-5-10-7-12(16)11(9-18)13(17)8-10/h7-8H,6H2,1-3H3,(H,19,20). The van der Waals surface area contributed by atoms with Crippen molar-refractivity contribution >= 4 is 6.09 Å². The van der Waals surface area contributed by atoms with E-state index in [-0.39, 0.29) is 12.1 Å². The molecule has 0 aromatic heterocycles. The third-order valence-corrected chi connectivity index (χ3v) is 2.11. The molecule has 1 rings (SSSR count). The molecule has 0 fully saturated rings. The van der Waals surface area contributed by atoms with Crippen LogP contribution < -0.4 is 5.32 Å². The summed E-state index contributed by atoms with van der Waals surface area (Å²) in [6.45, 7) is 5.14.